The summed E-state index contributed by atoms with van der Waals surface area (Å²) in [5, 5.41) is 12.1. The summed E-state index contributed by atoms with van der Waals surface area (Å²) in [7, 11) is 3.20. The van der Waals surface area contributed by atoms with Crippen LogP contribution in [0.2, 0.25) is 0 Å². The van der Waals surface area contributed by atoms with Gasteiger partial charge in [-0.1, -0.05) is 30.4 Å². The fourth-order valence-corrected chi connectivity index (χ4v) is 3.89. The molecule has 0 aliphatic carbocycles. The largest absolute Gasteiger partial charge is 0.497 e. The van der Waals surface area contributed by atoms with Gasteiger partial charge in [-0.3, -0.25) is 9.59 Å². The van der Waals surface area contributed by atoms with Crippen LogP contribution in [0.15, 0.2) is 48.5 Å². The number of methoxy groups -OCH3 is 2. The Balaban J connectivity index is 1.58. The molecule has 0 unspecified atom stereocenters. The molecule has 33 heavy (non-hydrogen) atoms. The molecule has 1 N–H and O–H groups in total. The maximum absolute atomic E-state index is 12.9. The predicted molar refractivity (Wildman–Crippen MR) is 129 cm³/mol. The number of hydrogen-bond acceptors (Lipinski definition) is 7. The Kier molecular flexibility index (Phi) is 8.91. The van der Waals surface area contributed by atoms with Gasteiger partial charge in [0, 0.05) is 37.7 Å². The van der Waals surface area contributed by atoms with Gasteiger partial charge in [-0.25, -0.2) is 0 Å². The maximum atomic E-state index is 12.9. The molecular weight excluding hydrogens is 440 g/mol. The first-order valence-electron chi connectivity index (χ1n) is 10.7. The summed E-state index contributed by atoms with van der Waals surface area (Å²) < 4.78 is 10.3. The summed E-state index contributed by atoms with van der Waals surface area (Å²) in [5.41, 5.74) is 2.65. The molecule has 0 fully saturated rings. The van der Waals surface area contributed by atoms with Gasteiger partial charge in [0.1, 0.15) is 10.8 Å². The Hall–Kier alpha value is -3.30. The van der Waals surface area contributed by atoms with Crippen molar-refractivity contribution in [2.45, 2.75) is 19.8 Å². The quantitative estimate of drug-likeness (QED) is 0.459. The zero-order chi connectivity index (χ0) is 23.6. The van der Waals surface area contributed by atoms with E-state index in [0.29, 0.717) is 28.9 Å². The van der Waals surface area contributed by atoms with E-state index in [4.69, 9.17) is 9.47 Å². The molecule has 2 amide bonds. The van der Waals surface area contributed by atoms with Crippen LogP contribution in [0.3, 0.4) is 0 Å². The second kappa shape index (κ2) is 12.1. The topological polar surface area (TPSA) is 93.7 Å². The Bertz CT molecular complexity index is 1050. The Morgan fingerprint density at radius 3 is 2.36 bits per heavy atom. The number of carbonyl (C=O) groups excluding carboxylic acids is 2. The van der Waals surface area contributed by atoms with Crippen molar-refractivity contribution >= 4 is 28.3 Å². The van der Waals surface area contributed by atoms with Crippen LogP contribution in [-0.2, 0) is 16.0 Å². The van der Waals surface area contributed by atoms with Crippen LogP contribution in [0, 0.1) is 0 Å². The number of ether oxygens (including phenoxy) is 2. The van der Waals surface area contributed by atoms with E-state index in [2.05, 4.69) is 22.4 Å². The molecule has 0 aliphatic heterocycles. The van der Waals surface area contributed by atoms with E-state index in [-0.39, 0.29) is 24.8 Å². The summed E-state index contributed by atoms with van der Waals surface area (Å²) in [5.74, 6) is 0.398. The monoisotopic (exact) mass is 468 g/mol. The summed E-state index contributed by atoms with van der Waals surface area (Å²) in [6, 6.07) is 15.0. The number of nitrogens with zero attached hydrogens (tertiary/aromatic N) is 3. The number of aromatic nitrogens is 2. The molecule has 3 rings (SSSR count). The van der Waals surface area contributed by atoms with Crippen molar-refractivity contribution in [3.05, 3.63) is 59.7 Å². The summed E-state index contributed by atoms with van der Waals surface area (Å²) >= 11 is 1.29. The molecule has 9 heteroatoms. The van der Waals surface area contributed by atoms with Crippen LogP contribution in [0.5, 0.6) is 5.75 Å². The first-order valence-corrected chi connectivity index (χ1v) is 11.5. The smallest absolute Gasteiger partial charge is 0.253 e. The first-order chi connectivity index (χ1) is 16.0. The number of amides is 2. The number of benzene rings is 2. The minimum Gasteiger partial charge on any atom is -0.497 e. The lowest BCUT2D eigenvalue weighted by atomic mass is 10.1. The van der Waals surface area contributed by atoms with E-state index >= 15 is 0 Å². The normalized spacial score (nSPS) is 10.6. The molecule has 0 bridgehead atoms. The molecule has 0 aliphatic rings. The molecule has 3 aromatic rings. The number of aryl methyl sites for hydroxylation is 1. The SMILES string of the molecule is CCc1ccc(C(=O)N(CCOC)CCC(=O)Nc2nnc(-c3ccc(OC)cc3)s2)cc1. The molecule has 0 atom stereocenters. The zero-order valence-corrected chi connectivity index (χ0v) is 19.9. The minimum atomic E-state index is -0.232. The van der Waals surface area contributed by atoms with Crippen molar-refractivity contribution in [2.75, 3.05) is 39.2 Å². The molecule has 0 spiro atoms. The number of hydrogen-bond donors (Lipinski definition) is 1. The van der Waals surface area contributed by atoms with E-state index in [1.165, 1.54) is 16.9 Å². The number of carbonyl (C=O) groups is 2. The third-order valence-corrected chi connectivity index (χ3v) is 5.97. The minimum absolute atomic E-state index is 0.125. The second-order valence-electron chi connectivity index (χ2n) is 7.27. The Morgan fingerprint density at radius 1 is 1.00 bits per heavy atom. The van der Waals surface area contributed by atoms with Crippen LogP contribution >= 0.6 is 11.3 Å². The standard InChI is InChI=1S/C24H28N4O4S/c1-4-17-5-7-19(8-6-17)23(30)28(15-16-31-2)14-13-21(29)25-24-27-26-22(33-24)18-9-11-20(32-3)12-10-18/h5-12H,4,13-16H2,1-3H3,(H,25,27,29). The van der Waals surface area contributed by atoms with Crippen molar-refractivity contribution in [3.8, 4) is 16.3 Å². The molecule has 0 saturated carbocycles. The van der Waals surface area contributed by atoms with Crippen LogP contribution < -0.4 is 10.1 Å². The highest BCUT2D eigenvalue weighted by Gasteiger charge is 2.18. The second-order valence-corrected chi connectivity index (χ2v) is 8.25. The van der Waals surface area contributed by atoms with Crippen LogP contribution in [-0.4, -0.2) is 60.8 Å². The molecule has 2 aromatic carbocycles. The lowest BCUT2D eigenvalue weighted by Crippen LogP contribution is -2.36. The average molecular weight is 469 g/mol. The van der Waals surface area contributed by atoms with Crippen molar-refractivity contribution in [1.29, 1.82) is 0 Å². The highest BCUT2D eigenvalue weighted by molar-refractivity contribution is 7.18. The predicted octanol–water partition coefficient (Wildman–Crippen LogP) is 3.89. The van der Waals surface area contributed by atoms with E-state index in [1.54, 1.807) is 19.1 Å². The highest BCUT2D eigenvalue weighted by Crippen LogP contribution is 2.27. The molecule has 174 valence electrons. The number of rotatable bonds is 11. The van der Waals surface area contributed by atoms with Gasteiger partial charge in [0.05, 0.1) is 13.7 Å². The maximum Gasteiger partial charge on any atom is 0.253 e. The lowest BCUT2D eigenvalue weighted by Gasteiger charge is -2.22. The van der Waals surface area contributed by atoms with E-state index < -0.39 is 0 Å². The molecule has 0 saturated heterocycles. The van der Waals surface area contributed by atoms with E-state index in [0.717, 1.165) is 17.7 Å². The molecule has 1 heterocycles. The third-order valence-electron chi connectivity index (χ3n) is 5.08. The van der Waals surface area contributed by atoms with Gasteiger partial charge in [-0.15, -0.1) is 10.2 Å². The van der Waals surface area contributed by atoms with E-state index in [1.807, 2.05) is 48.5 Å². The molecular formula is C24H28N4O4S. The van der Waals surface area contributed by atoms with Crippen molar-refractivity contribution in [3.63, 3.8) is 0 Å². The Labute approximate surface area is 197 Å². The van der Waals surface area contributed by atoms with Gasteiger partial charge < -0.3 is 19.7 Å². The summed E-state index contributed by atoms with van der Waals surface area (Å²) in [4.78, 5) is 27.1. The summed E-state index contributed by atoms with van der Waals surface area (Å²) in [6.45, 7) is 3.13. The summed E-state index contributed by atoms with van der Waals surface area (Å²) in [6.07, 6.45) is 1.05. The van der Waals surface area contributed by atoms with Gasteiger partial charge in [0.25, 0.3) is 5.91 Å². The average Bonchev–Trinajstić information content (AvgIpc) is 3.32. The fraction of sp³-hybridized carbons (Fsp3) is 0.333. The third kappa shape index (κ3) is 6.84. The van der Waals surface area contributed by atoms with Crippen molar-refractivity contribution < 1.29 is 19.1 Å². The van der Waals surface area contributed by atoms with Crippen molar-refractivity contribution in [1.82, 2.24) is 15.1 Å². The van der Waals surface area contributed by atoms with Crippen LogP contribution in [0.25, 0.3) is 10.6 Å². The Morgan fingerprint density at radius 2 is 1.73 bits per heavy atom. The van der Waals surface area contributed by atoms with Gasteiger partial charge in [0.2, 0.25) is 11.0 Å². The van der Waals surface area contributed by atoms with Gasteiger partial charge >= 0.3 is 0 Å². The zero-order valence-electron chi connectivity index (χ0n) is 19.0. The van der Waals surface area contributed by atoms with Gasteiger partial charge in [-0.2, -0.15) is 0 Å². The number of nitrogens with one attached hydrogen (secondary N) is 1. The molecule has 8 nitrogen and oxygen atoms in total. The van der Waals surface area contributed by atoms with Crippen molar-refractivity contribution in [2.24, 2.45) is 0 Å². The van der Waals surface area contributed by atoms with Gasteiger partial charge in [-0.05, 0) is 48.4 Å². The number of anilines is 1. The molecule has 1 aromatic heterocycles. The van der Waals surface area contributed by atoms with Crippen LogP contribution in [0.1, 0.15) is 29.3 Å². The van der Waals surface area contributed by atoms with Crippen LogP contribution in [0.4, 0.5) is 5.13 Å². The molecule has 0 radical (unpaired) electrons. The highest BCUT2D eigenvalue weighted by atomic mass is 32.1. The van der Waals surface area contributed by atoms with E-state index in [9.17, 15) is 9.59 Å². The first kappa shape index (κ1) is 24.3. The fourth-order valence-electron chi connectivity index (χ4n) is 3.12. The lowest BCUT2D eigenvalue weighted by molar-refractivity contribution is -0.116. The van der Waals surface area contributed by atoms with Gasteiger partial charge in [0.15, 0.2) is 0 Å².